The van der Waals surface area contributed by atoms with Crippen molar-refractivity contribution < 1.29 is 0 Å². The van der Waals surface area contributed by atoms with Gasteiger partial charge in [0, 0.05) is 14.1 Å². The first-order chi connectivity index (χ1) is 11.6. The van der Waals surface area contributed by atoms with E-state index in [-0.39, 0.29) is 6.04 Å². The lowest BCUT2D eigenvalue weighted by Crippen LogP contribution is -2.34. The Morgan fingerprint density at radius 1 is 1.25 bits per heavy atom. The van der Waals surface area contributed by atoms with Crippen molar-refractivity contribution in [1.82, 2.24) is 10.3 Å². The zero-order valence-corrected chi connectivity index (χ0v) is 14.2. The van der Waals surface area contributed by atoms with Crippen LogP contribution in [0.1, 0.15) is 24.9 Å². The van der Waals surface area contributed by atoms with Crippen molar-refractivity contribution in [2.24, 2.45) is 4.99 Å². The third kappa shape index (κ3) is 4.71. The minimum atomic E-state index is 0.0693. The fraction of sp³-hybridized carbons (Fsp3) is 0.278. The number of aliphatic imine (C=N–C) groups is 1. The molecule has 1 aromatic carbocycles. The highest BCUT2D eigenvalue weighted by Gasteiger charge is 2.11. The highest BCUT2D eigenvalue weighted by molar-refractivity contribution is 5.94. The molecule has 0 saturated heterocycles. The Kier molecular flexibility index (Phi) is 6.15. The molecule has 2 rings (SSSR count). The second-order valence-corrected chi connectivity index (χ2v) is 5.50. The second-order valence-electron chi connectivity index (χ2n) is 5.50. The molecule has 1 heterocycles. The predicted molar refractivity (Wildman–Crippen MR) is 97.8 cm³/mol. The topological polar surface area (TPSA) is 76.3 Å². The van der Waals surface area contributed by atoms with E-state index in [1.54, 1.807) is 6.20 Å². The summed E-state index contributed by atoms with van der Waals surface area (Å²) < 4.78 is 0. The molecular formula is C18H22N6. The number of aromatic nitrogens is 1. The molecule has 6 nitrogen and oxygen atoms in total. The summed E-state index contributed by atoms with van der Waals surface area (Å²) >= 11 is 0. The molecule has 0 amide bonds. The van der Waals surface area contributed by atoms with Gasteiger partial charge in [-0.25, -0.2) is 4.98 Å². The Morgan fingerprint density at radius 3 is 2.54 bits per heavy atom. The third-order valence-corrected chi connectivity index (χ3v) is 3.55. The summed E-state index contributed by atoms with van der Waals surface area (Å²) in [6.07, 6.45) is 4.42. The van der Waals surface area contributed by atoms with E-state index >= 15 is 0 Å². The molecule has 0 fully saturated rings. The summed E-state index contributed by atoms with van der Waals surface area (Å²) in [6.45, 7) is 2.09. The summed E-state index contributed by atoms with van der Waals surface area (Å²) in [5, 5.41) is 15.3. The predicted octanol–water partition coefficient (Wildman–Crippen LogP) is 3.14. The van der Waals surface area contributed by atoms with Gasteiger partial charge in [-0.2, -0.15) is 5.26 Å². The summed E-state index contributed by atoms with van der Waals surface area (Å²) in [6, 6.07) is 14.0. The monoisotopic (exact) mass is 322 g/mol. The molecule has 0 saturated carbocycles. The highest BCUT2D eigenvalue weighted by Crippen LogP contribution is 2.17. The van der Waals surface area contributed by atoms with Gasteiger partial charge in [0.2, 0.25) is 12.2 Å². The van der Waals surface area contributed by atoms with Crippen molar-refractivity contribution in [1.29, 1.82) is 5.26 Å². The Balaban J connectivity index is 2.12. The Hall–Kier alpha value is -3.07. The standard InChI is InChI=1S/C18H22N6/c1-4-16(14-8-6-5-7-9-14)23-18(21-13-19)22-15-10-11-17(20-12-15)24(2)3/h5-12,16H,4H2,1-3H3,(H2,21,22,23)/t16-/m1/s1. The second kappa shape index (κ2) is 8.53. The maximum absolute atomic E-state index is 8.95. The number of anilines is 2. The van der Waals surface area contributed by atoms with Crippen LogP contribution < -0.4 is 15.5 Å². The van der Waals surface area contributed by atoms with E-state index in [1.165, 1.54) is 0 Å². The lowest BCUT2D eigenvalue weighted by atomic mass is 10.1. The zero-order valence-electron chi connectivity index (χ0n) is 14.2. The van der Waals surface area contributed by atoms with Crippen molar-refractivity contribution in [3.8, 4) is 6.19 Å². The van der Waals surface area contributed by atoms with Crippen LogP contribution in [0, 0.1) is 11.5 Å². The molecular weight excluding hydrogens is 300 g/mol. The fourth-order valence-electron chi connectivity index (χ4n) is 2.28. The van der Waals surface area contributed by atoms with Crippen LogP contribution in [0.15, 0.2) is 53.7 Å². The first kappa shape index (κ1) is 17.3. The molecule has 1 aromatic heterocycles. The molecule has 0 aliphatic heterocycles. The van der Waals surface area contributed by atoms with Gasteiger partial charge in [0.25, 0.3) is 0 Å². The molecule has 2 N–H and O–H groups in total. The number of nitrogens with one attached hydrogen (secondary N) is 2. The molecule has 1 atom stereocenters. The number of hydrogen-bond donors (Lipinski definition) is 2. The number of hydrogen-bond acceptors (Lipinski definition) is 4. The van der Waals surface area contributed by atoms with Crippen LogP contribution in [-0.4, -0.2) is 25.0 Å². The van der Waals surface area contributed by atoms with Crippen LogP contribution >= 0.6 is 0 Å². The van der Waals surface area contributed by atoms with Crippen LogP contribution in [0.4, 0.5) is 11.5 Å². The average molecular weight is 322 g/mol. The van der Waals surface area contributed by atoms with Crippen LogP contribution in [0.3, 0.4) is 0 Å². The molecule has 0 aliphatic carbocycles. The van der Waals surface area contributed by atoms with Gasteiger partial charge in [0.05, 0.1) is 17.9 Å². The zero-order chi connectivity index (χ0) is 17.4. The van der Waals surface area contributed by atoms with E-state index in [0.29, 0.717) is 5.96 Å². The minimum Gasteiger partial charge on any atom is -0.363 e. The van der Waals surface area contributed by atoms with E-state index < -0.39 is 0 Å². The van der Waals surface area contributed by atoms with Crippen molar-refractivity contribution in [3.63, 3.8) is 0 Å². The first-order valence-electron chi connectivity index (χ1n) is 7.82. The van der Waals surface area contributed by atoms with Crippen molar-refractivity contribution >= 4 is 17.5 Å². The number of pyridine rings is 1. The van der Waals surface area contributed by atoms with Gasteiger partial charge >= 0.3 is 0 Å². The van der Waals surface area contributed by atoms with Gasteiger partial charge in [-0.15, -0.1) is 4.99 Å². The summed E-state index contributed by atoms with van der Waals surface area (Å²) in [5.74, 6) is 1.27. The molecule has 24 heavy (non-hydrogen) atoms. The quantitative estimate of drug-likeness (QED) is 0.502. The third-order valence-electron chi connectivity index (χ3n) is 3.55. The summed E-state index contributed by atoms with van der Waals surface area (Å²) in [4.78, 5) is 10.1. The van der Waals surface area contributed by atoms with Crippen LogP contribution in [0.2, 0.25) is 0 Å². The molecule has 0 radical (unpaired) electrons. The van der Waals surface area contributed by atoms with Gasteiger partial charge < -0.3 is 15.5 Å². The molecule has 2 aromatic rings. The molecule has 0 aliphatic rings. The largest absolute Gasteiger partial charge is 0.363 e. The van der Waals surface area contributed by atoms with E-state index in [1.807, 2.05) is 55.5 Å². The summed E-state index contributed by atoms with van der Waals surface area (Å²) in [7, 11) is 3.87. The van der Waals surface area contributed by atoms with Crippen molar-refractivity contribution in [3.05, 3.63) is 54.2 Å². The lowest BCUT2D eigenvalue weighted by molar-refractivity contribution is 0.624. The Bertz CT molecular complexity index is 701. The SMILES string of the molecule is CC[C@@H](N/C(=N/C#N)Nc1ccc(N(C)C)nc1)c1ccccc1. The van der Waals surface area contributed by atoms with Crippen molar-refractivity contribution in [2.45, 2.75) is 19.4 Å². The number of benzene rings is 1. The lowest BCUT2D eigenvalue weighted by Gasteiger charge is -2.20. The maximum Gasteiger partial charge on any atom is 0.212 e. The van der Waals surface area contributed by atoms with Crippen molar-refractivity contribution in [2.75, 3.05) is 24.3 Å². The molecule has 0 bridgehead atoms. The first-order valence-corrected chi connectivity index (χ1v) is 7.82. The van der Waals surface area contributed by atoms with E-state index in [9.17, 15) is 0 Å². The van der Waals surface area contributed by atoms with Gasteiger partial charge in [0.1, 0.15) is 5.82 Å². The van der Waals surface area contributed by atoms with Gasteiger partial charge in [-0.05, 0) is 24.1 Å². The molecule has 124 valence electrons. The highest BCUT2D eigenvalue weighted by atomic mass is 15.2. The fourth-order valence-corrected chi connectivity index (χ4v) is 2.28. The van der Waals surface area contributed by atoms with Gasteiger partial charge in [-0.3, -0.25) is 0 Å². The van der Waals surface area contributed by atoms with Crippen LogP contribution in [0.5, 0.6) is 0 Å². The number of guanidine groups is 1. The van der Waals surface area contributed by atoms with E-state index in [0.717, 1.165) is 23.5 Å². The molecule has 0 spiro atoms. The number of rotatable bonds is 5. The van der Waals surface area contributed by atoms with E-state index in [4.69, 9.17) is 5.26 Å². The normalized spacial score (nSPS) is 12.2. The number of nitrogens with zero attached hydrogens (tertiary/aromatic N) is 4. The van der Waals surface area contributed by atoms with Gasteiger partial charge in [-0.1, -0.05) is 37.3 Å². The van der Waals surface area contributed by atoms with Crippen LogP contribution in [0.25, 0.3) is 0 Å². The Labute approximate surface area is 142 Å². The molecule has 0 unspecified atom stereocenters. The molecule has 6 heteroatoms. The number of nitriles is 1. The average Bonchev–Trinajstić information content (AvgIpc) is 2.61. The van der Waals surface area contributed by atoms with E-state index in [2.05, 4.69) is 39.7 Å². The summed E-state index contributed by atoms with van der Waals surface area (Å²) in [5.41, 5.74) is 1.92. The Morgan fingerprint density at radius 2 is 2.00 bits per heavy atom. The van der Waals surface area contributed by atoms with Crippen LogP contribution in [-0.2, 0) is 0 Å². The smallest absolute Gasteiger partial charge is 0.212 e. The maximum atomic E-state index is 8.95. The van der Waals surface area contributed by atoms with Gasteiger partial charge in [0.15, 0.2) is 0 Å². The minimum absolute atomic E-state index is 0.0693.